The van der Waals surface area contributed by atoms with Crippen LogP contribution in [0, 0.1) is 10.1 Å². The molecule has 35 heavy (non-hydrogen) atoms. The van der Waals surface area contributed by atoms with Crippen LogP contribution >= 0.6 is 27.7 Å². The van der Waals surface area contributed by atoms with Gasteiger partial charge in [0.25, 0.3) is 16.8 Å². The second-order valence-electron chi connectivity index (χ2n) is 7.55. The first-order valence-corrected chi connectivity index (χ1v) is 12.1. The van der Waals surface area contributed by atoms with Crippen LogP contribution in [0.1, 0.15) is 16.7 Å². The minimum absolute atomic E-state index is 0.00345. The van der Waals surface area contributed by atoms with Gasteiger partial charge < -0.3 is 4.74 Å². The van der Waals surface area contributed by atoms with E-state index in [1.165, 1.54) is 12.1 Å². The summed E-state index contributed by atoms with van der Waals surface area (Å²) in [6.45, 7) is 3.94. The second kappa shape index (κ2) is 10.7. The van der Waals surface area contributed by atoms with Gasteiger partial charge in [-0.15, -0.1) is 6.58 Å². The van der Waals surface area contributed by atoms with Crippen molar-refractivity contribution in [3.05, 3.63) is 116 Å². The molecule has 1 aliphatic heterocycles. The number of anilines is 1. The predicted octanol–water partition coefficient (Wildman–Crippen LogP) is 6.91. The van der Waals surface area contributed by atoms with Crippen LogP contribution in [-0.4, -0.2) is 16.1 Å². The zero-order valence-electron chi connectivity index (χ0n) is 18.3. The Bertz CT molecular complexity index is 1360. The van der Waals surface area contributed by atoms with Crippen LogP contribution in [0.4, 0.5) is 16.2 Å². The molecular weight excluding hydrogens is 532 g/mol. The molecule has 1 heterocycles. The van der Waals surface area contributed by atoms with Crippen molar-refractivity contribution < 1.29 is 19.2 Å². The van der Waals surface area contributed by atoms with Crippen LogP contribution < -0.4 is 9.64 Å². The lowest BCUT2D eigenvalue weighted by Gasteiger charge is -2.14. The molecule has 0 saturated carbocycles. The molecule has 3 aromatic rings. The summed E-state index contributed by atoms with van der Waals surface area (Å²) >= 11 is 4.43. The fourth-order valence-corrected chi connectivity index (χ4v) is 5.03. The zero-order valence-corrected chi connectivity index (χ0v) is 20.8. The van der Waals surface area contributed by atoms with E-state index in [4.69, 9.17) is 4.74 Å². The number of nitrogens with zero attached hydrogens (tertiary/aromatic N) is 2. The maximum Gasteiger partial charge on any atom is 0.298 e. The minimum atomic E-state index is -0.448. The Hall–Kier alpha value is -3.69. The number of hydrogen-bond acceptors (Lipinski definition) is 6. The number of hydrogen-bond donors (Lipinski definition) is 0. The third-order valence-corrected chi connectivity index (χ3v) is 6.58. The number of para-hydroxylation sites is 1. The van der Waals surface area contributed by atoms with Crippen LogP contribution in [0.2, 0.25) is 0 Å². The van der Waals surface area contributed by atoms with E-state index >= 15 is 0 Å². The van der Waals surface area contributed by atoms with Crippen LogP contribution in [0.5, 0.6) is 5.75 Å². The highest BCUT2D eigenvalue weighted by Gasteiger charge is 2.36. The molecule has 0 bridgehead atoms. The summed E-state index contributed by atoms with van der Waals surface area (Å²) in [5.41, 5.74) is 2.71. The Kier molecular flexibility index (Phi) is 7.48. The van der Waals surface area contributed by atoms with Gasteiger partial charge in [0.1, 0.15) is 12.4 Å². The lowest BCUT2D eigenvalue weighted by Crippen LogP contribution is -2.27. The number of thioether (sulfide) groups is 1. The monoisotopic (exact) mass is 550 g/mol. The molecule has 176 valence electrons. The average Bonchev–Trinajstić information content (AvgIpc) is 3.12. The molecule has 0 aromatic heterocycles. The molecule has 0 atom stereocenters. The van der Waals surface area contributed by atoms with Crippen molar-refractivity contribution in [3.8, 4) is 5.75 Å². The Morgan fingerprint density at radius 2 is 1.86 bits per heavy atom. The normalized spacial score (nSPS) is 14.4. The molecule has 7 nitrogen and oxygen atoms in total. The van der Waals surface area contributed by atoms with Gasteiger partial charge in [-0.2, -0.15) is 0 Å². The molecule has 9 heteroatoms. The van der Waals surface area contributed by atoms with Crippen molar-refractivity contribution in [1.29, 1.82) is 0 Å². The summed E-state index contributed by atoms with van der Waals surface area (Å²) in [7, 11) is 0. The predicted molar refractivity (Wildman–Crippen MR) is 140 cm³/mol. The number of halogens is 1. The van der Waals surface area contributed by atoms with Gasteiger partial charge in [0, 0.05) is 12.1 Å². The summed E-state index contributed by atoms with van der Waals surface area (Å²) in [6, 6.07) is 18.7. The van der Waals surface area contributed by atoms with Gasteiger partial charge in [0.15, 0.2) is 0 Å². The summed E-state index contributed by atoms with van der Waals surface area (Å²) in [6.07, 6.45) is 3.90. The molecule has 1 aliphatic rings. The van der Waals surface area contributed by atoms with Crippen LogP contribution in [0.25, 0.3) is 6.08 Å². The maximum absolute atomic E-state index is 12.9. The van der Waals surface area contributed by atoms with E-state index < -0.39 is 4.92 Å². The number of rotatable bonds is 8. The van der Waals surface area contributed by atoms with E-state index in [9.17, 15) is 19.7 Å². The number of carbonyl (C=O) groups is 2. The Morgan fingerprint density at radius 1 is 1.09 bits per heavy atom. The van der Waals surface area contributed by atoms with Crippen molar-refractivity contribution in [3.63, 3.8) is 0 Å². The van der Waals surface area contributed by atoms with Crippen molar-refractivity contribution in [2.45, 2.75) is 13.0 Å². The molecule has 0 aliphatic carbocycles. The molecule has 0 spiro atoms. The number of nitro benzene ring substituents is 1. The molecule has 0 unspecified atom stereocenters. The van der Waals surface area contributed by atoms with Gasteiger partial charge in [-0.1, -0.05) is 36.4 Å². The molecule has 1 saturated heterocycles. The summed E-state index contributed by atoms with van der Waals surface area (Å²) < 4.78 is 6.66. The second-order valence-corrected chi connectivity index (χ2v) is 9.40. The van der Waals surface area contributed by atoms with Gasteiger partial charge in [-0.05, 0) is 81.1 Å². The first-order chi connectivity index (χ1) is 16.9. The summed E-state index contributed by atoms with van der Waals surface area (Å²) in [5, 5.41) is 10.7. The van der Waals surface area contributed by atoms with Gasteiger partial charge in [-0.3, -0.25) is 19.7 Å². The van der Waals surface area contributed by atoms with Gasteiger partial charge >= 0.3 is 0 Å². The van der Waals surface area contributed by atoms with Crippen molar-refractivity contribution in [2.24, 2.45) is 0 Å². The smallest absolute Gasteiger partial charge is 0.298 e. The van der Waals surface area contributed by atoms with E-state index in [0.29, 0.717) is 32.8 Å². The number of ether oxygens (including phenoxy) is 1. The van der Waals surface area contributed by atoms with Crippen LogP contribution in [-0.2, 0) is 17.8 Å². The van der Waals surface area contributed by atoms with Crippen molar-refractivity contribution in [2.75, 3.05) is 4.90 Å². The third-order valence-electron chi connectivity index (χ3n) is 5.12. The topological polar surface area (TPSA) is 89.8 Å². The Balaban J connectivity index is 1.60. The SMILES string of the molecule is C=CCc1cc(/C=C2\SC(=O)N(c3ccccc3)C2=O)cc(Br)c1OCc1cccc([N+](=O)[O-])c1. The van der Waals surface area contributed by atoms with E-state index in [1.807, 2.05) is 12.1 Å². The van der Waals surface area contributed by atoms with E-state index in [0.717, 1.165) is 27.8 Å². The molecule has 2 amide bonds. The quantitative estimate of drug-likeness (QED) is 0.131. The summed E-state index contributed by atoms with van der Waals surface area (Å²) in [5.74, 6) is 0.199. The molecule has 0 N–H and O–H groups in total. The molecule has 3 aromatic carbocycles. The van der Waals surface area contributed by atoms with Crippen molar-refractivity contribution in [1.82, 2.24) is 0 Å². The number of imide groups is 1. The fraction of sp³-hybridized carbons (Fsp3) is 0.0769. The lowest BCUT2D eigenvalue weighted by molar-refractivity contribution is -0.384. The van der Waals surface area contributed by atoms with E-state index in [-0.39, 0.29) is 23.4 Å². The van der Waals surface area contributed by atoms with E-state index in [2.05, 4.69) is 22.5 Å². The van der Waals surface area contributed by atoms with Gasteiger partial charge in [0.2, 0.25) is 0 Å². The molecule has 0 radical (unpaired) electrons. The fourth-order valence-electron chi connectivity index (χ4n) is 3.56. The minimum Gasteiger partial charge on any atom is -0.487 e. The zero-order chi connectivity index (χ0) is 24.9. The van der Waals surface area contributed by atoms with Crippen LogP contribution in [0.3, 0.4) is 0 Å². The van der Waals surface area contributed by atoms with E-state index in [1.54, 1.807) is 54.6 Å². The maximum atomic E-state index is 12.9. The highest BCUT2D eigenvalue weighted by atomic mass is 79.9. The number of nitro groups is 1. The highest BCUT2D eigenvalue weighted by Crippen LogP contribution is 2.38. The van der Waals surface area contributed by atoms with Gasteiger partial charge in [0.05, 0.1) is 20.0 Å². The van der Waals surface area contributed by atoms with Crippen LogP contribution in [0.15, 0.2) is 88.8 Å². The standard InChI is InChI=1S/C26H19BrN2O5S/c1-2-7-19-12-18(15-23-25(30)28(26(31)35-23)20-9-4-3-5-10-20)14-22(27)24(19)34-16-17-8-6-11-21(13-17)29(32)33/h2-6,8-15H,1,7,16H2/b23-15-. The number of benzene rings is 3. The van der Waals surface area contributed by atoms with Crippen molar-refractivity contribution >= 4 is 56.3 Å². The molecular formula is C26H19BrN2O5S. The third kappa shape index (κ3) is 5.52. The largest absolute Gasteiger partial charge is 0.487 e. The molecule has 1 fully saturated rings. The highest BCUT2D eigenvalue weighted by molar-refractivity contribution is 9.10. The average molecular weight is 551 g/mol. The first kappa shape index (κ1) is 24.4. The first-order valence-electron chi connectivity index (χ1n) is 10.5. The number of carbonyl (C=O) groups excluding carboxylic acids is 2. The number of non-ortho nitro benzene ring substituents is 1. The number of allylic oxidation sites excluding steroid dienone is 1. The van der Waals surface area contributed by atoms with Gasteiger partial charge in [-0.25, -0.2) is 4.90 Å². The molecule has 4 rings (SSSR count). The lowest BCUT2D eigenvalue weighted by atomic mass is 10.1. The number of amides is 2. The summed E-state index contributed by atoms with van der Waals surface area (Å²) in [4.78, 5) is 37.5. The Labute approximate surface area is 214 Å². The Morgan fingerprint density at radius 3 is 2.57 bits per heavy atom.